The van der Waals surface area contributed by atoms with E-state index in [1.807, 2.05) is 37.3 Å². The molecule has 0 aromatic heterocycles. The summed E-state index contributed by atoms with van der Waals surface area (Å²) in [6, 6.07) is 7.84. The average Bonchev–Trinajstić information content (AvgIpc) is 2.83. The van der Waals surface area contributed by atoms with Crippen LogP contribution in [0.15, 0.2) is 29.8 Å². The van der Waals surface area contributed by atoms with E-state index in [4.69, 9.17) is 4.74 Å². The van der Waals surface area contributed by atoms with Gasteiger partial charge in [-0.25, -0.2) is 0 Å². The number of hydrogen-bond acceptors (Lipinski definition) is 3. The second-order valence-electron chi connectivity index (χ2n) is 5.04. The Morgan fingerprint density at radius 2 is 2.11 bits per heavy atom. The van der Waals surface area contributed by atoms with E-state index >= 15 is 0 Å². The summed E-state index contributed by atoms with van der Waals surface area (Å²) >= 11 is 0. The van der Waals surface area contributed by atoms with Crippen molar-refractivity contribution in [3.8, 4) is 0 Å². The highest BCUT2D eigenvalue weighted by atomic mass is 16.5. The van der Waals surface area contributed by atoms with Gasteiger partial charge in [-0.1, -0.05) is 30.3 Å². The van der Waals surface area contributed by atoms with Gasteiger partial charge in [0.15, 0.2) is 0 Å². The Kier molecular flexibility index (Phi) is 4.38. The van der Waals surface area contributed by atoms with Crippen molar-refractivity contribution in [2.45, 2.75) is 38.2 Å². The minimum Gasteiger partial charge on any atom is -0.469 e. The Morgan fingerprint density at radius 3 is 2.63 bits per heavy atom. The molecule has 0 saturated heterocycles. The summed E-state index contributed by atoms with van der Waals surface area (Å²) in [7, 11) is 1.40. The topological polar surface area (TPSA) is 46.5 Å². The molecule has 0 heterocycles. The van der Waals surface area contributed by atoms with Crippen LogP contribution in [-0.4, -0.2) is 24.3 Å². The number of benzene rings is 1. The average molecular weight is 260 g/mol. The molecule has 1 saturated carbocycles. The molecule has 0 spiro atoms. The van der Waals surface area contributed by atoms with Crippen LogP contribution >= 0.6 is 0 Å². The molecule has 1 aliphatic carbocycles. The number of aliphatic hydroxyl groups is 1. The number of aliphatic hydroxyl groups excluding tert-OH is 1. The quantitative estimate of drug-likeness (QED) is 0.850. The van der Waals surface area contributed by atoms with Crippen LogP contribution in [0.25, 0.3) is 6.08 Å². The predicted octanol–water partition coefficient (Wildman–Crippen LogP) is 2.89. The van der Waals surface area contributed by atoms with Gasteiger partial charge in [0.2, 0.25) is 0 Å². The third kappa shape index (κ3) is 3.24. The zero-order chi connectivity index (χ0) is 13.8. The van der Waals surface area contributed by atoms with E-state index in [2.05, 4.69) is 0 Å². The first-order valence-electron chi connectivity index (χ1n) is 6.68. The maximum atomic E-state index is 11.5. The normalized spacial score (nSPS) is 22.5. The molecule has 19 heavy (non-hydrogen) atoms. The molecule has 1 aliphatic rings. The Balaban J connectivity index is 2.12. The van der Waals surface area contributed by atoms with E-state index in [0.717, 1.165) is 36.0 Å². The number of rotatable bonds is 3. The first kappa shape index (κ1) is 13.8. The summed E-state index contributed by atoms with van der Waals surface area (Å²) < 4.78 is 4.73. The molecular weight excluding hydrogens is 240 g/mol. The van der Waals surface area contributed by atoms with Crippen LogP contribution in [0, 0.1) is 0 Å². The van der Waals surface area contributed by atoms with E-state index in [1.54, 1.807) is 0 Å². The summed E-state index contributed by atoms with van der Waals surface area (Å²) in [6.45, 7) is 1.83. The number of esters is 1. The zero-order valence-electron chi connectivity index (χ0n) is 11.4. The molecule has 1 N–H and O–H groups in total. The summed E-state index contributed by atoms with van der Waals surface area (Å²) in [5.74, 6) is -0.471. The van der Waals surface area contributed by atoms with Crippen molar-refractivity contribution < 1.29 is 14.6 Å². The van der Waals surface area contributed by atoms with Crippen LogP contribution in [0.1, 0.15) is 43.2 Å². The Labute approximate surface area is 113 Å². The summed E-state index contributed by atoms with van der Waals surface area (Å²) in [5, 5.41) is 9.77. The lowest BCUT2D eigenvalue weighted by atomic mass is 9.99. The van der Waals surface area contributed by atoms with Gasteiger partial charge in [0.25, 0.3) is 0 Å². The molecule has 0 bridgehead atoms. The molecule has 3 nitrogen and oxygen atoms in total. The van der Waals surface area contributed by atoms with Crippen molar-refractivity contribution in [3.05, 3.63) is 41.0 Å². The van der Waals surface area contributed by atoms with Crippen molar-refractivity contribution in [1.29, 1.82) is 0 Å². The first-order valence-corrected chi connectivity index (χ1v) is 6.68. The van der Waals surface area contributed by atoms with Gasteiger partial charge in [0, 0.05) is 0 Å². The highest BCUT2D eigenvalue weighted by molar-refractivity contribution is 5.77. The van der Waals surface area contributed by atoms with Crippen molar-refractivity contribution in [1.82, 2.24) is 0 Å². The fraction of sp³-hybridized carbons (Fsp3) is 0.438. The number of carbonyl (C=O) groups excluding carboxylic acids is 1. The third-order valence-electron chi connectivity index (χ3n) is 3.71. The van der Waals surface area contributed by atoms with Crippen LogP contribution in [0.5, 0.6) is 0 Å². The van der Waals surface area contributed by atoms with E-state index in [1.165, 1.54) is 7.11 Å². The van der Waals surface area contributed by atoms with Gasteiger partial charge in [-0.05, 0) is 42.9 Å². The van der Waals surface area contributed by atoms with Gasteiger partial charge < -0.3 is 9.84 Å². The van der Waals surface area contributed by atoms with Crippen LogP contribution in [0.2, 0.25) is 0 Å². The third-order valence-corrected chi connectivity index (χ3v) is 3.71. The van der Waals surface area contributed by atoms with Crippen molar-refractivity contribution in [3.63, 3.8) is 0 Å². The fourth-order valence-electron chi connectivity index (χ4n) is 2.43. The molecular formula is C16H20O3. The molecule has 0 radical (unpaired) electrons. The Morgan fingerprint density at radius 1 is 1.42 bits per heavy atom. The molecule has 1 aromatic carbocycles. The second-order valence-corrected chi connectivity index (χ2v) is 5.04. The lowest BCUT2D eigenvalue weighted by molar-refractivity contribution is -0.141. The van der Waals surface area contributed by atoms with Crippen molar-refractivity contribution in [2.75, 3.05) is 7.11 Å². The molecule has 2 atom stereocenters. The lowest BCUT2D eigenvalue weighted by Crippen LogP contribution is -2.10. The van der Waals surface area contributed by atoms with Gasteiger partial charge in [-0.15, -0.1) is 0 Å². The standard InChI is InChI=1S/C16H20O3/c1-11(16(18)19-2)13-8-6-12(7-9-13)10-14-4-3-5-15(14)17/h6-11,15,17H,3-5H2,1-2H3/b14-10-. The fourth-order valence-corrected chi connectivity index (χ4v) is 2.43. The predicted molar refractivity (Wildman–Crippen MR) is 74.7 cm³/mol. The second kappa shape index (κ2) is 6.02. The van der Waals surface area contributed by atoms with Gasteiger partial charge in [0.1, 0.15) is 0 Å². The number of carbonyl (C=O) groups is 1. The smallest absolute Gasteiger partial charge is 0.312 e. The molecule has 2 unspecified atom stereocenters. The summed E-state index contributed by atoms with van der Waals surface area (Å²) in [4.78, 5) is 11.5. The SMILES string of the molecule is COC(=O)C(C)c1ccc(/C=C2/CCCC2O)cc1. The maximum Gasteiger partial charge on any atom is 0.312 e. The molecule has 2 rings (SSSR count). The monoisotopic (exact) mass is 260 g/mol. The van der Waals surface area contributed by atoms with E-state index in [0.29, 0.717) is 0 Å². The van der Waals surface area contributed by atoms with Gasteiger partial charge in [-0.2, -0.15) is 0 Å². The van der Waals surface area contributed by atoms with Crippen LogP contribution in [0.4, 0.5) is 0 Å². The van der Waals surface area contributed by atoms with Crippen molar-refractivity contribution in [2.24, 2.45) is 0 Å². The minimum absolute atomic E-state index is 0.225. The molecule has 3 heteroatoms. The zero-order valence-corrected chi connectivity index (χ0v) is 11.4. The van der Waals surface area contributed by atoms with Crippen molar-refractivity contribution >= 4 is 12.0 Å². The molecule has 1 aromatic rings. The lowest BCUT2D eigenvalue weighted by Gasteiger charge is -2.10. The molecule has 0 aliphatic heterocycles. The van der Waals surface area contributed by atoms with Crippen LogP contribution < -0.4 is 0 Å². The van der Waals surface area contributed by atoms with E-state index < -0.39 is 0 Å². The van der Waals surface area contributed by atoms with Crippen LogP contribution in [0.3, 0.4) is 0 Å². The maximum absolute atomic E-state index is 11.5. The number of methoxy groups -OCH3 is 1. The Hall–Kier alpha value is -1.61. The largest absolute Gasteiger partial charge is 0.469 e. The van der Waals surface area contributed by atoms with Gasteiger partial charge in [-0.3, -0.25) is 4.79 Å². The van der Waals surface area contributed by atoms with E-state index in [9.17, 15) is 9.90 Å². The molecule has 102 valence electrons. The highest BCUT2D eigenvalue weighted by Crippen LogP contribution is 2.27. The number of hydrogen-bond donors (Lipinski definition) is 1. The van der Waals surface area contributed by atoms with Gasteiger partial charge in [0.05, 0.1) is 19.1 Å². The molecule has 1 fully saturated rings. The molecule has 0 amide bonds. The van der Waals surface area contributed by atoms with Crippen LogP contribution in [-0.2, 0) is 9.53 Å². The number of ether oxygens (including phenoxy) is 1. The Bertz CT molecular complexity index is 473. The summed E-state index contributed by atoms with van der Waals surface area (Å²) in [6.07, 6.45) is 4.66. The minimum atomic E-state index is -0.284. The van der Waals surface area contributed by atoms with E-state index in [-0.39, 0.29) is 18.0 Å². The first-order chi connectivity index (χ1) is 9.11. The summed E-state index contributed by atoms with van der Waals surface area (Å²) in [5.41, 5.74) is 3.12. The highest BCUT2D eigenvalue weighted by Gasteiger charge is 2.18. The van der Waals surface area contributed by atoms with Gasteiger partial charge >= 0.3 is 5.97 Å².